The number of amides is 2. The van der Waals surface area contributed by atoms with Gasteiger partial charge in [0.05, 0.1) is 11.0 Å². The van der Waals surface area contributed by atoms with Gasteiger partial charge >= 0.3 is 6.18 Å². The molecule has 184 valence electrons. The summed E-state index contributed by atoms with van der Waals surface area (Å²) in [5, 5.41) is 6.29. The van der Waals surface area contributed by atoms with Crippen molar-refractivity contribution in [2.24, 2.45) is 5.73 Å². The molecule has 2 amide bonds. The summed E-state index contributed by atoms with van der Waals surface area (Å²) >= 11 is 12.3. The summed E-state index contributed by atoms with van der Waals surface area (Å²) in [5.74, 6) is -0.861. The van der Waals surface area contributed by atoms with Gasteiger partial charge in [-0.3, -0.25) is 9.59 Å². The molecule has 2 aromatic rings. The van der Waals surface area contributed by atoms with Crippen LogP contribution < -0.4 is 16.4 Å². The van der Waals surface area contributed by atoms with Gasteiger partial charge in [0.1, 0.15) is 6.04 Å². The van der Waals surface area contributed by atoms with Crippen molar-refractivity contribution in [2.75, 3.05) is 6.54 Å². The third kappa shape index (κ3) is 6.43. The number of benzene rings is 2. The van der Waals surface area contributed by atoms with Crippen LogP contribution in [0.3, 0.4) is 0 Å². The number of halogens is 5. The number of nitrogens with one attached hydrogen (secondary N) is 2. The van der Waals surface area contributed by atoms with Crippen molar-refractivity contribution >= 4 is 35.0 Å². The maximum Gasteiger partial charge on any atom is 0.416 e. The van der Waals surface area contributed by atoms with Gasteiger partial charge in [-0.1, -0.05) is 41.4 Å². The monoisotopic (exact) mass is 515 g/mol. The summed E-state index contributed by atoms with van der Waals surface area (Å²) in [6, 6.07) is 8.37. The van der Waals surface area contributed by atoms with Gasteiger partial charge < -0.3 is 16.4 Å². The number of nitrogens with two attached hydrogens (primary N) is 1. The first kappa shape index (κ1) is 26.3. The Bertz CT molecular complexity index is 1060. The summed E-state index contributed by atoms with van der Waals surface area (Å²) in [7, 11) is 0. The van der Waals surface area contributed by atoms with E-state index >= 15 is 0 Å². The number of hydrogen-bond acceptors (Lipinski definition) is 3. The van der Waals surface area contributed by atoms with E-state index in [1.807, 2.05) is 0 Å². The van der Waals surface area contributed by atoms with Crippen molar-refractivity contribution in [3.8, 4) is 0 Å². The molecule has 4 N–H and O–H groups in total. The van der Waals surface area contributed by atoms with Crippen LogP contribution in [0.15, 0.2) is 42.5 Å². The molecule has 10 heteroatoms. The average Bonchev–Trinajstić information content (AvgIpc) is 3.52. The molecule has 5 nitrogen and oxygen atoms in total. The van der Waals surface area contributed by atoms with Crippen LogP contribution in [0.25, 0.3) is 0 Å². The van der Waals surface area contributed by atoms with Crippen LogP contribution in [0, 0.1) is 0 Å². The van der Waals surface area contributed by atoms with Crippen molar-refractivity contribution in [3.63, 3.8) is 0 Å². The third-order valence-corrected chi connectivity index (χ3v) is 6.24. The van der Waals surface area contributed by atoms with Crippen LogP contribution in [0.1, 0.15) is 43.4 Å². The zero-order valence-corrected chi connectivity index (χ0v) is 20.2. The van der Waals surface area contributed by atoms with E-state index in [0.717, 1.165) is 12.1 Å². The van der Waals surface area contributed by atoms with Gasteiger partial charge in [-0.2, -0.15) is 13.2 Å². The van der Waals surface area contributed by atoms with Gasteiger partial charge in [-0.05, 0) is 62.1 Å². The molecule has 1 saturated carbocycles. The molecule has 0 heterocycles. The average molecular weight is 516 g/mol. The molecule has 1 aliphatic rings. The van der Waals surface area contributed by atoms with E-state index in [4.69, 9.17) is 28.9 Å². The maximum atomic E-state index is 13.3. The maximum absolute atomic E-state index is 13.3. The van der Waals surface area contributed by atoms with E-state index in [1.54, 1.807) is 32.0 Å². The first-order chi connectivity index (χ1) is 15.7. The molecular formula is C24H26Cl2F3N3O2. The topological polar surface area (TPSA) is 84.2 Å². The van der Waals surface area contributed by atoms with Gasteiger partial charge in [0, 0.05) is 28.5 Å². The number of carbonyl (C=O) groups is 2. The molecule has 0 aromatic heterocycles. The number of hydrogen-bond donors (Lipinski definition) is 3. The second kappa shape index (κ2) is 9.76. The Labute approximate surface area is 206 Å². The van der Waals surface area contributed by atoms with Crippen LogP contribution in [-0.2, 0) is 27.6 Å². The van der Waals surface area contributed by atoms with Gasteiger partial charge in [-0.15, -0.1) is 0 Å². The minimum Gasteiger partial charge on any atom is -0.352 e. The fourth-order valence-corrected chi connectivity index (χ4v) is 4.22. The molecule has 0 radical (unpaired) electrons. The second-order valence-electron chi connectivity index (χ2n) is 9.34. The zero-order valence-electron chi connectivity index (χ0n) is 18.7. The van der Waals surface area contributed by atoms with Gasteiger partial charge in [0.25, 0.3) is 0 Å². The Balaban J connectivity index is 1.82. The summed E-state index contributed by atoms with van der Waals surface area (Å²) < 4.78 is 38.7. The molecule has 0 saturated heterocycles. The van der Waals surface area contributed by atoms with E-state index in [0.29, 0.717) is 34.0 Å². The lowest BCUT2D eigenvalue weighted by Gasteiger charge is -2.25. The van der Waals surface area contributed by atoms with Crippen molar-refractivity contribution in [3.05, 3.63) is 69.2 Å². The Kier molecular flexibility index (Phi) is 7.55. The van der Waals surface area contributed by atoms with E-state index in [-0.39, 0.29) is 18.9 Å². The summed E-state index contributed by atoms with van der Waals surface area (Å²) in [6.07, 6.45) is -3.37. The molecule has 1 atom stereocenters. The molecule has 34 heavy (non-hydrogen) atoms. The Morgan fingerprint density at radius 3 is 2.21 bits per heavy atom. The first-order valence-electron chi connectivity index (χ1n) is 10.7. The van der Waals surface area contributed by atoms with Crippen molar-refractivity contribution in [1.82, 2.24) is 10.6 Å². The van der Waals surface area contributed by atoms with E-state index in [9.17, 15) is 22.8 Å². The summed E-state index contributed by atoms with van der Waals surface area (Å²) in [5.41, 5.74) is 4.67. The fourth-order valence-electron chi connectivity index (χ4n) is 3.63. The van der Waals surface area contributed by atoms with E-state index in [2.05, 4.69) is 10.6 Å². The third-order valence-electron chi connectivity index (χ3n) is 5.69. The molecule has 1 aliphatic carbocycles. The highest BCUT2D eigenvalue weighted by Gasteiger charge is 2.53. The summed E-state index contributed by atoms with van der Waals surface area (Å²) in [4.78, 5) is 26.2. The lowest BCUT2D eigenvalue weighted by molar-refractivity contribution is -0.137. The number of rotatable bonds is 8. The molecule has 3 rings (SSSR count). The van der Waals surface area contributed by atoms with E-state index < -0.39 is 34.6 Å². The lowest BCUT2D eigenvalue weighted by Crippen LogP contribution is -2.54. The summed E-state index contributed by atoms with van der Waals surface area (Å²) in [6.45, 7) is 3.62. The molecule has 0 bridgehead atoms. The fraction of sp³-hybridized carbons (Fsp3) is 0.417. The highest BCUT2D eigenvalue weighted by atomic mass is 35.5. The Morgan fingerprint density at radius 1 is 1.09 bits per heavy atom. The minimum absolute atomic E-state index is 0.00510. The molecule has 1 fully saturated rings. The number of alkyl halides is 3. The SMILES string of the molecule is CC(C)(N)CNC(=O)[C@H](Cc1ccc(C(F)(F)F)cc1)NC(=O)C1(c2ccc(Cl)cc2Cl)CC1. The van der Waals surface area contributed by atoms with Crippen LogP contribution in [0.2, 0.25) is 10.0 Å². The van der Waals surface area contributed by atoms with Crippen LogP contribution in [0.5, 0.6) is 0 Å². The highest BCUT2D eigenvalue weighted by Crippen LogP contribution is 2.51. The van der Waals surface area contributed by atoms with Crippen LogP contribution in [-0.4, -0.2) is 29.9 Å². The van der Waals surface area contributed by atoms with Crippen molar-refractivity contribution in [2.45, 2.75) is 56.3 Å². The number of carbonyl (C=O) groups excluding carboxylic acids is 2. The van der Waals surface area contributed by atoms with Crippen molar-refractivity contribution in [1.29, 1.82) is 0 Å². The predicted octanol–water partition coefficient (Wildman–Crippen LogP) is 4.62. The highest BCUT2D eigenvalue weighted by molar-refractivity contribution is 6.35. The first-order valence-corrected chi connectivity index (χ1v) is 11.5. The van der Waals surface area contributed by atoms with Crippen LogP contribution in [0.4, 0.5) is 13.2 Å². The largest absolute Gasteiger partial charge is 0.416 e. The second-order valence-corrected chi connectivity index (χ2v) is 10.2. The predicted molar refractivity (Wildman–Crippen MR) is 126 cm³/mol. The van der Waals surface area contributed by atoms with Gasteiger partial charge in [-0.25, -0.2) is 0 Å². The van der Waals surface area contributed by atoms with Gasteiger partial charge in [0.2, 0.25) is 11.8 Å². The standard InChI is InChI=1S/C24H26Cl2F3N3O2/c1-22(2,30)13-31-20(33)19(11-14-3-5-15(6-4-14)24(27,28)29)32-21(34)23(9-10-23)17-8-7-16(25)12-18(17)26/h3-8,12,19H,9-11,13,30H2,1-2H3,(H,31,33)(H,32,34)/t19-/m0/s1. The lowest BCUT2D eigenvalue weighted by atomic mass is 9.93. The Morgan fingerprint density at radius 2 is 1.71 bits per heavy atom. The molecule has 2 aromatic carbocycles. The smallest absolute Gasteiger partial charge is 0.352 e. The molecule has 0 spiro atoms. The normalized spacial score (nSPS) is 16.0. The molecular weight excluding hydrogens is 490 g/mol. The quantitative estimate of drug-likeness (QED) is 0.479. The van der Waals surface area contributed by atoms with E-state index in [1.165, 1.54) is 12.1 Å². The van der Waals surface area contributed by atoms with Crippen LogP contribution >= 0.6 is 23.2 Å². The van der Waals surface area contributed by atoms with Crippen molar-refractivity contribution < 1.29 is 22.8 Å². The molecule has 0 aliphatic heterocycles. The van der Waals surface area contributed by atoms with Gasteiger partial charge in [0.15, 0.2) is 0 Å². The zero-order chi connectivity index (χ0) is 25.3. The minimum atomic E-state index is -4.47. The Hall–Kier alpha value is -2.29. The molecule has 0 unspecified atom stereocenters.